The molecule has 1 aliphatic rings. The smallest absolute Gasteiger partial charge is 0.120 e. The number of nitrogens with zero attached hydrogens (tertiary/aromatic N) is 1. The quantitative estimate of drug-likeness (QED) is 0.763. The first-order chi connectivity index (χ1) is 10.2. The summed E-state index contributed by atoms with van der Waals surface area (Å²) in [6.45, 7) is 9.69. The summed E-state index contributed by atoms with van der Waals surface area (Å²) in [5.74, 6) is 0.951. The molecule has 1 unspecified atom stereocenters. The van der Waals surface area contributed by atoms with Crippen LogP contribution in [0.25, 0.3) is 0 Å². The first kappa shape index (κ1) is 16.8. The van der Waals surface area contributed by atoms with E-state index in [1.54, 1.807) is 0 Å². The Morgan fingerprint density at radius 3 is 2.76 bits per heavy atom. The zero-order chi connectivity index (χ0) is 15.1. The summed E-state index contributed by atoms with van der Waals surface area (Å²) in [5, 5.41) is 3.51. The number of likely N-dealkylation sites (tertiary alicyclic amines) is 1. The van der Waals surface area contributed by atoms with Crippen LogP contribution in [0, 0.1) is 0 Å². The number of halogens is 1. The molecule has 2 rings (SSSR count). The van der Waals surface area contributed by atoms with E-state index in [0.717, 1.165) is 36.3 Å². The summed E-state index contributed by atoms with van der Waals surface area (Å²) >= 11 is 3.67. The van der Waals surface area contributed by atoms with Crippen molar-refractivity contribution in [2.75, 3.05) is 32.8 Å². The van der Waals surface area contributed by atoms with Crippen LogP contribution in [0.2, 0.25) is 0 Å². The van der Waals surface area contributed by atoms with Crippen molar-refractivity contribution in [1.82, 2.24) is 10.2 Å². The molecule has 21 heavy (non-hydrogen) atoms. The summed E-state index contributed by atoms with van der Waals surface area (Å²) in [6.07, 6.45) is 3.82. The summed E-state index contributed by atoms with van der Waals surface area (Å²) in [4.78, 5) is 2.47. The maximum absolute atomic E-state index is 5.87. The predicted molar refractivity (Wildman–Crippen MR) is 92.0 cm³/mol. The van der Waals surface area contributed by atoms with E-state index in [-0.39, 0.29) is 0 Å². The molecule has 0 radical (unpaired) electrons. The van der Waals surface area contributed by atoms with Gasteiger partial charge >= 0.3 is 0 Å². The molecule has 1 aliphatic heterocycles. The Hall–Kier alpha value is -0.580. The number of ether oxygens (including phenoxy) is 1. The normalized spacial score (nSPS) is 17.1. The molecule has 0 spiro atoms. The molecule has 1 atom stereocenters. The van der Waals surface area contributed by atoms with Gasteiger partial charge in [0.05, 0.1) is 0 Å². The van der Waals surface area contributed by atoms with Gasteiger partial charge < -0.3 is 10.1 Å². The summed E-state index contributed by atoms with van der Waals surface area (Å²) < 4.78 is 7.00. The van der Waals surface area contributed by atoms with E-state index < -0.39 is 0 Å². The van der Waals surface area contributed by atoms with E-state index in [1.165, 1.54) is 31.5 Å². The van der Waals surface area contributed by atoms with Gasteiger partial charge in [-0.15, -0.1) is 0 Å². The van der Waals surface area contributed by atoms with Gasteiger partial charge in [0.2, 0.25) is 0 Å². The number of rotatable bonds is 8. The second kappa shape index (κ2) is 8.76. The second-order valence-electron chi connectivity index (χ2n) is 5.76. The number of benzene rings is 1. The molecule has 1 N–H and O–H groups in total. The van der Waals surface area contributed by atoms with E-state index in [9.17, 15) is 0 Å². The Morgan fingerprint density at radius 1 is 1.33 bits per heavy atom. The third-order valence-electron chi connectivity index (χ3n) is 4.01. The van der Waals surface area contributed by atoms with E-state index in [1.807, 2.05) is 0 Å². The lowest BCUT2D eigenvalue weighted by Gasteiger charge is -2.17. The summed E-state index contributed by atoms with van der Waals surface area (Å²) in [7, 11) is 0. The van der Waals surface area contributed by atoms with Gasteiger partial charge in [-0.3, -0.25) is 4.90 Å². The molecule has 1 aromatic carbocycles. The van der Waals surface area contributed by atoms with Crippen LogP contribution >= 0.6 is 15.9 Å². The first-order valence-corrected chi connectivity index (χ1v) is 8.88. The molecule has 0 bridgehead atoms. The molecule has 0 saturated carbocycles. The van der Waals surface area contributed by atoms with Crippen molar-refractivity contribution in [2.24, 2.45) is 0 Å². The Kier molecular flexibility index (Phi) is 7.00. The molecule has 3 nitrogen and oxygen atoms in total. The fourth-order valence-electron chi connectivity index (χ4n) is 2.72. The van der Waals surface area contributed by atoms with Crippen molar-refractivity contribution < 1.29 is 4.74 Å². The van der Waals surface area contributed by atoms with Crippen LogP contribution < -0.4 is 10.1 Å². The van der Waals surface area contributed by atoms with Crippen LogP contribution in [0.15, 0.2) is 22.7 Å². The van der Waals surface area contributed by atoms with Gasteiger partial charge in [-0.05, 0) is 63.5 Å². The van der Waals surface area contributed by atoms with Crippen LogP contribution in [-0.4, -0.2) is 37.7 Å². The SMILES string of the molecule is CCCNC(C)c1ccc(OCCN2CCCC2)cc1Br. The molecule has 1 saturated heterocycles. The topological polar surface area (TPSA) is 24.5 Å². The van der Waals surface area contributed by atoms with Gasteiger partial charge in [0, 0.05) is 17.1 Å². The van der Waals surface area contributed by atoms with Gasteiger partial charge in [-0.2, -0.15) is 0 Å². The largest absolute Gasteiger partial charge is 0.492 e. The lowest BCUT2D eigenvalue weighted by molar-refractivity contribution is 0.237. The Bertz CT molecular complexity index is 433. The number of hydrogen-bond donors (Lipinski definition) is 1. The third kappa shape index (κ3) is 5.28. The lowest BCUT2D eigenvalue weighted by atomic mass is 10.1. The summed E-state index contributed by atoms with van der Waals surface area (Å²) in [6, 6.07) is 6.68. The van der Waals surface area contributed by atoms with Crippen molar-refractivity contribution in [2.45, 2.75) is 39.2 Å². The lowest BCUT2D eigenvalue weighted by Crippen LogP contribution is -2.25. The molecule has 0 aliphatic carbocycles. The van der Waals surface area contributed by atoms with Crippen molar-refractivity contribution in [3.05, 3.63) is 28.2 Å². The highest BCUT2D eigenvalue weighted by Crippen LogP contribution is 2.27. The van der Waals surface area contributed by atoms with Crippen LogP contribution in [0.5, 0.6) is 5.75 Å². The van der Waals surface area contributed by atoms with Crippen molar-refractivity contribution in [3.8, 4) is 5.75 Å². The molecular formula is C17H27BrN2O. The highest BCUT2D eigenvalue weighted by molar-refractivity contribution is 9.10. The van der Waals surface area contributed by atoms with Gasteiger partial charge in [0.15, 0.2) is 0 Å². The predicted octanol–water partition coefficient (Wildman–Crippen LogP) is 3.98. The van der Waals surface area contributed by atoms with Gasteiger partial charge in [-0.25, -0.2) is 0 Å². The van der Waals surface area contributed by atoms with Crippen LogP contribution in [-0.2, 0) is 0 Å². The average Bonchev–Trinajstić information content (AvgIpc) is 2.98. The number of nitrogens with one attached hydrogen (secondary N) is 1. The summed E-state index contributed by atoms with van der Waals surface area (Å²) in [5.41, 5.74) is 1.29. The maximum atomic E-state index is 5.87. The highest BCUT2D eigenvalue weighted by Gasteiger charge is 2.12. The van der Waals surface area contributed by atoms with Crippen LogP contribution in [0.4, 0.5) is 0 Å². The van der Waals surface area contributed by atoms with Crippen LogP contribution in [0.3, 0.4) is 0 Å². The average molecular weight is 355 g/mol. The van der Waals surface area contributed by atoms with E-state index >= 15 is 0 Å². The van der Waals surface area contributed by atoms with Crippen LogP contribution in [0.1, 0.15) is 44.7 Å². The standard InChI is InChI=1S/C17H27BrN2O/c1-3-8-19-14(2)16-7-6-15(13-17(16)18)21-12-11-20-9-4-5-10-20/h6-7,13-14,19H,3-5,8-12H2,1-2H3. The van der Waals surface area contributed by atoms with Crippen molar-refractivity contribution in [3.63, 3.8) is 0 Å². The molecule has 0 amide bonds. The minimum atomic E-state index is 0.359. The zero-order valence-corrected chi connectivity index (χ0v) is 14.8. The fraction of sp³-hybridized carbons (Fsp3) is 0.647. The molecule has 1 fully saturated rings. The maximum Gasteiger partial charge on any atom is 0.120 e. The minimum Gasteiger partial charge on any atom is -0.492 e. The Morgan fingerprint density at radius 2 is 2.10 bits per heavy atom. The third-order valence-corrected chi connectivity index (χ3v) is 4.70. The molecular weight excluding hydrogens is 328 g/mol. The Balaban J connectivity index is 1.83. The Labute approximate surface area is 137 Å². The first-order valence-electron chi connectivity index (χ1n) is 8.08. The van der Waals surface area contributed by atoms with Gasteiger partial charge in [-0.1, -0.05) is 28.9 Å². The number of hydrogen-bond acceptors (Lipinski definition) is 3. The molecule has 118 valence electrons. The molecule has 4 heteroatoms. The fourth-order valence-corrected chi connectivity index (χ4v) is 3.42. The highest BCUT2D eigenvalue weighted by atomic mass is 79.9. The molecule has 0 aromatic heterocycles. The van der Waals surface area contributed by atoms with E-state index in [2.05, 4.69) is 58.2 Å². The van der Waals surface area contributed by atoms with Crippen molar-refractivity contribution in [1.29, 1.82) is 0 Å². The van der Waals surface area contributed by atoms with Gasteiger partial charge in [0.25, 0.3) is 0 Å². The molecule has 1 aromatic rings. The van der Waals surface area contributed by atoms with Gasteiger partial charge in [0.1, 0.15) is 12.4 Å². The zero-order valence-electron chi connectivity index (χ0n) is 13.2. The minimum absolute atomic E-state index is 0.359. The van der Waals surface area contributed by atoms with E-state index in [0.29, 0.717) is 6.04 Å². The molecule has 1 heterocycles. The second-order valence-corrected chi connectivity index (χ2v) is 6.61. The van der Waals surface area contributed by atoms with Crippen molar-refractivity contribution >= 4 is 15.9 Å². The van der Waals surface area contributed by atoms with E-state index in [4.69, 9.17) is 4.74 Å². The monoisotopic (exact) mass is 354 g/mol.